The normalized spacial score (nSPS) is 30.3. The van der Waals surface area contributed by atoms with Crippen molar-refractivity contribution in [3.8, 4) is 0 Å². The van der Waals surface area contributed by atoms with Gasteiger partial charge in [-0.05, 0) is 34.1 Å². The predicted molar refractivity (Wildman–Crippen MR) is 60.9 cm³/mol. The lowest BCUT2D eigenvalue weighted by Crippen LogP contribution is -2.51. The first-order valence-electron chi connectivity index (χ1n) is 5.55. The van der Waals surface area contributed by atoms with Gasteiger partial charge in [0.15, 0.2) is 0 Å². The van der Waals surface area contributed by atoms with Gasteiger partial charge >= 0.3 is 11.9 Å². The standard InChI is InChI=1S/C11H20N2O4/c1-10(2,3)17-8(14)7-5-11(4,9(15)16)13(12)6-7/h7H,5-6,12H2,1-4H3,(H,15,16)/t7-,11+/m0/s1. The van der Waals surface area contributed by atoms with Crippen LogP contribution in [0, 0.1) is 5.92 Å². The van der Waals surface area contributed by atoms with Crippen LogP contribution in [0.25, 0.3) is 0 Å². The van der Waals surface area contributed by atoms with E-state index >= 15 is 0 Å². The Kier molecular flexibility index (Phi) is 3.50. The van der Waals surface area contributed by atoms with Gasteiger partial charge in [-0.3, -0.25) is 15.4 Å². The highest BCUT2D eigenvalue weighted by Crippen LogP contribution is 2.32. The molecule has 0 radical (unpaired) electrons. The van der Waals surface area contributed by atoms with E-state index in [-0.39, 0.29) is 13.0 Å². The summed E-state index contributed by atoms with van der Waals surface area (Å²) in [6.07, 6.45) is 0.174. The van der Waals surface area contributed by atoms with Crippen LogP contribution in [-0.4, -0.2) is 39.7 Å². The van der Waals surface area contributed by atoms with Gasteiger partial charge in [-0.1, -0.05) is 0 Å². The van der Waals surface area contributed by atoms with Crippen molar-refractivity contribution < 1.29 is 19.4 Å². The first-order chi connectivity index (χ1) is 7.56. The van der Waals surface area contributed by atoms with Crippen molar-refractivity contribution in [3.05, 3.63) is 0 Å². The summed E-state index contributed by atoms with van der Waals surface area (Å²) in [7, 11) is 0. The molecule has 1 rings (SSSR count). The van der Waals surface area contributed by atoms with Gasteiger partial charge in [-0.15, -0.1) is 0 Å². The molecule has 1 aliphatic rings. The van der Waals surface area contributed by atoms with Crippen LogP contribution in [0.15, 0.2) is 0 Å². The second-order valence-corrected chi connectivity index (χ2v) is 5.67. The Morgan fingerprint density at radius 3 is 2.35 bits per heavy atom. The Morgan fingerprint density at radius 2 is 2.00 bits per heavy atom. The molecule has 0 bridgehead atoms. The van der Waals surface area contributed by atoms with Crippen LogP contribution in [0.2, 0.25) is 0 Å². The molecule has 3 N–H and O–H groups in total. The summed E-state index contributed by atoms with van der Waals surface area (Å²) in [5, 5.41) is 10.3. The van der Waals surface area contributed by atoms with Gasteiger partial charge in [0.25, 0.3) is 0 Å². The molecule has 0 aromatic rings. The smallest absolute Gasteiger partial charge is 0.325 e. The third-order valence-electron chi connectivity index (χ3n) is 2.90. The second kappa shape index (κ2) is 4.27. The Bertz CT molecular complexity index is 337. The number of carboxylic acid groups (broad SMARTS) is 1. The zero-order valence-electron chi connectivity index (χ0n) is 10.7. The molecule has 1 saturated heterocycles. The van der Waals surface area contributed by atoms with E-state index in [1.165, 1.54) is 11.9 Å². The summed E-state index contributed by atoms with van der Waals surface area (Å²) in [6, 6.07) is 0. The Morgan fingerprint density at radius 1 is 1.47 bits per heavy atom. The number of hydrogen-bond donors (Lipinski definition) is 2. The molecule has 1 aliphatic heterocycles. The highest BCUT2D eigenvalue weighted by Gasteiger charge is 2.49. The topological polar surface area (TPSA) is 92.9 Å². The highest BCUT2D eigenvalue weighted by atomic mass is 16.6. The van der Waals surface area contributed by atoms with Crippen molar-refractivity contribution in [1.29, 1.82) is 0 Å². The predicted octanol–water partition coefficient (Wildman–Crippen LogP) is 0.367. The Labute approximate surface area is 101 Å². The van der Waals surface area contributed by atoms with Gasteiger partial charge in [-0.2, -0.15) is 0 Å². The molecule has 0 amide bonds. The van der Waals surface area contributed by atoms with Crippen LogP contribution in [-0.2, 0) is 14.3 Å². The lowest BCUT2D eigenvalue weighted by Gasteiger charge is -2.25. The minimum absolute atomic E-state index is 0.174. The molecule has 98 valence electrons. The van der Waals surface area contributed by atoms with Gasteiger partial charge in [0.05, 0.1) is 5.92 Å². The minimum atomic E-state index is -1.19. The zero-order chi connectivity index (χ0) is 13.4. The van der Waals surface area contributed by atoms with Crippen molar-refractivity contribution >= 4 is 11.9 Å². The summed E-state index contributed by atoms with van der Waals surface area (Å²) < 4.78 is 5.23. The molecule has 0 aliphatic carbocycles. The summed E-state index contributed by atoms with van der Waals surface area (Å²) >= 11 is 0. The lowest BCUT2D eigenvalue weighted by atomic mass is 9.95. The van der Waals surface area contributed by atoms with Crippen LogP contribution < -0.4 is 5.84 Å². The van der Waals surface area contributed by atoms with E-state index < -0.39 is 29.0 Å². The second-order valence-electron chi connectivity index (χ2n) is 5.67. The number of esters is 1. The molecule has 17 heavy (non-hydrogen) atoms. The van der Waals surface area contributed by atoms with Crippen LogP contribution in [0.3, 0.4) is 0 Å². The van der Waals surface area contributed by atoms with E-state index in [2.05, 4.69) is 0 Å². The number of hydrogen-bond acceptors (Lipinski definition) is 5. The minimum Gasteiger partial charge on any atom is -0.480 e. The number of nitrogens with zero attached hydrogens (tertiary/aromatic N) is 1. The Hall–Kier alpha value is -1.14. The summed E-state index contributed by atoms with van der Waals surface area (Å²) in [5.41, 5.74) is -1.76. The average molecular weight is 244 g/mol. The maximum atomic E-state index is 11.8. The van der Waals surface area contributed by atoms with Crippen LogP contribution in [0.1, 0.15) is 34.1 Å². The summed E-state index contributed by atoms with van der Waals surface area (Å²) in [5.74, 6) is 3.75. The molecule has 0 saturated carbocycles. The first-order valence-corrected chi connectivity index (χ1v) is 5.55. The van der Waals surface area contributed by atoms with Crippen molar-refractivity contribution in [3.63, 3.8) is 0 Å². The molecule has 2 atom stereocenters. The number of ether oxygens (including phenoxy) is 1. The summed E-state index contributed by atoms with van der Waals surface area (Å²) in [6.45, 7) is 7.04. The van der Waals surface area contributed by atoms with E-state index in [1.54, 1.807) is 20.8 Å². The molecular formula is C11H20N2O4. The maximum absolute atomic E-state index is 11.8. The number of hydrazine groups is 1. The van der Waals surface area contributed by atoms with E-state index in [4.69, 9.17) is 15.7 Å². The fourth-order valence-electron chi connectivity index (χ4n) is 1.85. The summed E-state index contributed by atoms with van der Waals surface area (Å²) in [4.78, 5) is 22.9. The molecule has 0 unspecified atom stereocenters. The zero-order valence-corrected chi connectivity index (χ0v) is 10.7. The van der Waals surface area contributed by atoms with E-state index in [9.17, 15) is 9.59 Å². The van der Waals surface area contributed by atoms with Gasteiger partial charge in [0.2, 0.25) is 0 Å². The van der Waals surface area contributed by atoms with Crippen molar-refractivity contribution in [1.82, 2.24) is 5.01 Å². The molecule has 0 aromatic heterocycles. The Balaban J connectivity index is 2.73. The van der Waals surface area contributed by atoms with Crippen LogP contribution in [0.4, 0.5) is 0 Å². The third kappa shape index (κ3) is 2.95. The maximum Gasteiger partial charge on any atom is 0.325 e. The third-order valence-corrected chi connectivity index (χ3v) is 2.90. The van der Waals surface area contributed by atoms with E-state index in [0.717, 1.165) is 0 Å². The quantitative estimate of drug-likeness (QED) is 0.538. The number of nitrogens with two attached hydrogens (primary N) is 1. The van der Waals surface area contributed by atoms with Crippen LogP contribution >= 0.6 is 0 Å². The van der Waals surface area contributed by atoms with Crippen molar-refractivity contribution in [2.75, 3.05) is 6.54 Å². The largest absolute Gasteiger partial charge is 0.480 e. The van der Waals surface area contributed by atoms with Gasteiger partial charge in [-0.25, -0.2) is 5.01 Å². The van der Waals surface area contributed by atoms with E-state index in [1.807, 2.05) is 0 Å². The van der Waals surface area contributed by atoms with Crippen molar-refractivity contribution in [2.24, 2.45) is 11.8 Å². The van der Waals surface area contributed by atoms with Gasteiger partial charge in [0.1, 0.15) is 11.1 Å². The molecule has 1 heterocycles. The molecule has 6 heteroatoms. The fraction of sp³-hybridized carbons (Fsp3) is 0.818. The highest BCUT2D eigenvalue weighted by molar-refractivity contribution is 5.82. The molecule has 0 spiro atoms. The number of rotatable bonds is 2. The number of aliphatic carboxylic acids is 1. The van der Waals surface area contributed by atoms with Crippen molar-refractivity contribution in [2.45, 2.75) is 45.3 Å². The molecule has 6 nitrogen and oxygen atoms in total. The fourth-order valence-corrected chi connectivity index (χ4v) is 1.85. The van der Waals surface area contributed by atoms with Gasteiger partial charge in [0, 0.05) is 6.54 Å². The number of carboxylic acids is 1. The number of carbonyl (C=O) groups excluding carboxylic acids is 1. The van der Waals surface area contributed by atoms with Gasteiger partial charge < -0.3 is 9.84 Å². The first kappa shape index (κ1) is 13.9. The molecule has 1 fully saturated rings. The SMILES string of the molecule is CC(C)(C)OC(=O)[C@@H]1CN(N)[C@@](C)(C(=O)O)C1. The van der Waals surface area contributed by atoms with E-state index in [0.29, 0.717) is 0 Å². The monoisotopic (exact) mass is 244 g/mol. The molecule has 0 aromatic carbocycles. The van der Waals surface area contributed by atoms with Crippen LogP contribution in [0.5, 0.6) is 0 Å². The average Bonchev–Trinajstić information content (AvgIpc) is 2.42. The molecular weight excluding hydrogens is 224 g/mol. The lowest BCUT2D eigenvalue weighted by molar-refractivity contribution is -0.159. The number of carbonyl (C=O) groups is 2.